The second kappa shape index (κ2) is 6.18. The van der Waals surface area contributed by atoms with Crippen molar-refractivity contribution in [1.29, 1.82) is 0 Å². The third kappa shape index (κ3) is 3.78. The normalized spacial score (nSPS) is 12.7. The summed E-state index contributed by atoms with van der Waals surface area (Å²) in [6.07, 6.45) is -2.73. The van der Waals surface area contributed by atoms with Gasteiger partial charge in [0.15, 0.2) is 11.0 Å². The number of hydrogen-bond donors (Lipinski definition) is 0. The molecule has 0 fully saturated rings. The number of nitrogens with zero attached hydrogens (tertiary/aromatic N) is 3. The van der Waals surface area contributed by atoms with Crippen LogP contribution in [0.15, 0.2) is 17.3 Å². The van der Waals surface area contributed by atoms with Gasteiger partial charge in [0, 0.05) is 5.41 Å². The van der Waals surface area contributed by atoms with E-state index in [2.05, 4.69) is 10.1 Å². The van der Waals surface area contributed by atoms with Crippen molar-refractivity contribution in [2.24, 2.45) is 0 Å². The van der Waals surface area contributed by atoms with Gasteiger partial charge in [-0.15, -0.1) is 5.10 Å². The first-order valence-electron chi connectivity index (χ1n) is 6.53. The molecule has 23 heavy (non-hydrogen) atoms. The van der Waals surface area contributed by atoms with Crippen LogP contribution in [0.1, 0.15) is 32.2 Å². The molecule has 1 aromatic carbocycles. The van der Waals surface area contributed by atoms with E-state index in [0.29, 0.717) is 11.0 Å². The lowest BCUT2D eigenvalue weighted by molar-refractivity contribution is -0.137. The van der Waals surface area contributed by atoms with Crippen molar-refractivity contribution in [1.82, 2.24) is 14.8 Å². The number of aromatic nitrogens is 3. The quantitative estimate of drug-likeness (QED) is 0.631. The van der Waals surface area contributed by atoms with Gasteiger partial charge in [-0.25, -0.2) is 9.67 Å². The molecule has 126 valence electrons. The summed E-state index contributed by atoms with van der Waals surface area (Å²) < 4.78 is 39.9. The number of halogens is 5. The highest BCUT2D eigenvalue weighted by Crippen LogP contribution is 2.38. The van der Waals surface area contributed by atoms with Gasteiger partial charge in [0.25, 0.3) is 0 Å². The Balaban J connectivity index is 2.66. The van der Waals surface area contributed by atoms with Crippen LogP contribution in [-0.2, 0) is 11.6 Å². The molecule has 0 saturated heterocycles. The molecule has 2 rings (SSSR count). The topological polar surface area (TPSA) is 30.7 Å². The van der Waals surface area contributed by atoms with Gasteiger partial charge >= 0.3 is 6.18 Å². The van der Waals surface area contributed by atoms with Crippen LogP contribution < -0.4 is 0 Å². The van der Waals surface area contributed by atoms with Gasteiger partial charge in [0.2, 0.25) is 0 Å². The monoisotopic (exact) mass is 383 g/mol. The molecule has 0 amide bonds. The Bertz CT molecular complexity index is 713. The van der Waals surface area contributed by atoms with Crippen LogP contribution in [0.2, 0.25) is 10.0 Å². The van der Waals surface area contributed by atoms with Crippen molar-refractivity contribution >= 4 is 35.0 Å². The Labute approximate surface area is 146 Å². The summed E-state index contributed by atoms with van der Waals surface area (Å²) in [5.74, 6) is 0.550. The fourth-order valence-electron chi connectivity index (χ4n) is 1.82. The highest BCUT2D eigenvalue weighted by molar-refractivity contribution is 7.98. The molecule has 0 spiro atoms. The van der Waals surface area contributed by atoms with Crippen molar-refractivity contribution in [3.63, 3.8) is 0 Å². The highest BCUT2D eigenvalue weighted by Gasteiger charge is 2.33. The van der Waals surface area contributed by atoms with Crippen molar-refractivity contribution < 1.29 is 13.2 Å². The average Bonchev–Trinajstić information content (AvgIpc) is 2.80. The molecule has 0 atom stereocenters. The van der Waals surface area contributed by atoms with E-state index in [9.17, 15) is 13.2 Å². The molecule has 0 unspecified atom stereocenters. The first kappa shape index (κ1) is 18.4. The zero-order valence-corrected chi connectivity index (χ0v) is 15.1. The Hall–Kier alpha value is -0.920. The number of benzene rings is 1. The van der Waals surface area contributed by atoms with E-state index in [4.69, 9.17) is 23.2 Å². The predicted octanol–water partition coefficient (Wildman–Crippen LogP) is 5.61. The minimum Gasteiger partial charge on any atom is -0.205 e. The number of thioether (sulfide) groups is 1. The van der Waals surface area contributed by atoms with Crippen molar-refractivity contribution in [2.75, 3.05) is 6.26 Å². The number of hydrogen-bond acceptors (Lipinski definition) is 3. The summed E-state index contributed by atoms with van der Waals surface area (Å²) in [5, 5.41) is 4.60. The third-order valence-corrected chi connectivity index (χ3v) is 4.19. The summed E-state index contributed by atoms with van der Waals surface area (Å²) >= 11 is 13.4. The standard InChI is InChI=1S/C14H14Cl2F3N3S/c1-13(2,3)11-20-12(23-4)22(21-11)10-8(15)5-7(6-9(10)16)14(17,18)19/h5-6H,1-4H3. The minimum atomic E-state index is -4.52. The molecule has 0 aliphatic rings. The molecule has 0 radical (unpaired) electrons. The van der Waals surface area contributed by atoms with E-state index in [-0.39, 0.29) is 21.1 Å². The fraction of sp³-hybridized carbons (Fsp3) is 0.429. The molecule has 9 heteroatoms. The predicted molar refractivity (Wildman–Crippen MR) is 86.9 cm³/mol. The van der Waals surface area contributed by atoms with Crippen LogP contribution >= 0.6 is 35.0 Å². The van der Waals surface area contributed by atoms with Crippen LogP contribution in [0.5, 0.6) is 0 Å². The van der Waals surface area contributed by atoms with Crippen molar-refractivity contribution in [2.45, 2.75) is 37.5 Å². The molecule has 3 nitrogen and oxygen atoms in total. The molecule has 1 heterocycles. The maximum absolute atomic E-state index is 12.8. The minimum absolute atomic E-state index is 0.134. The lowest BCUT2D eigenvalue weighted by atomic mass is 9.96. The smallest absolute Gasteiger partial charge is 0.205 e. The first-order valence-corrected chi connectivity index (χ1v) is 8.51. The average molecular weight is 384 g/mol. The summed E-state index contributed by atoms with van der Waals surface area (Å²) in [4.78, 5) is 4.41. The maximum Gasteiger partial charge on any atom is 0.416 e. The van der Waals surface area contributed by atoms with Crippen LogP contribution in [0, 0.1) is 0 Å². The van der Waals surface area contributed by atoms with E-state index in [1.54, 1.807) is 6.26 Å². The number of rotatable bonds is 2. The Morgan fingerprint density at radius 1 is 1.09 bits per heavy atom. The van der Waals surface area contributed by atoms with Gasteiger partial charge in [-0.2, -0.15) is 13.2 Å². The lowest BCUT2D eigenvalue weighted by Crippen LogP contribution is -2.14. The zero-order valence-electron chi connectivity index (χ0n) is 12.8. The molecule has 0 saturated carbocycles. The van der Waals surface area contributed by atoms with Gasteiger partial charge in [0.1, 0.15) is 5.69 Å². The third-order valence-electron chi connectivity index (χ3n) is 2.99. The Kier molecular flexibility index (Phi) is 4.95. The van der Waals surface area contributed by atoms with Crippen LogP contribution in [0.3, 0.4) is 0 Å². The summed E-state index contributed by atoms with van der Waals surface area (Å²) in [6, 6.07) is 1.68. The number of alkyl halides is 3. The Morgan fingerprint density at radius 2 is 1.61 bits per heavy atom. The van der Waals surface area contributed by atoms with E-state index >= 15 is 0 Å². The fourth-order valence-corrected chi connectivity index (χ4v) is 2.95. The van der Waals surface area contributed by atoms with Crippen molar-refractivity contribution in [3.8, 4) is 5.69 Å². The van der Waals surface area contributed by atoms with E-state index in [0.717, 1.165) is 12.1 Å². The molecule has 2 aromatic rings. The summed E-state index contributed by atoms with van der Waals surface area (Å²) in [7, 11) is 0. The molecule has 0 bridgehead atoms. The van der Waals surface area contributed by atoms with Gasteiger partial charge in [0.05, 0.1) is 15.6 Å². The molecule has 1 aromatic heterocycles. The van der Waals surface area contributed by atoms with E-state index < -0.39 is 11.7 Å². The van der Waals surface area contributed by atoms with Crippen LogP contribution in [0.25, 0.3) is 5.69 Å². The van der Waals surface area contributed by atoms with Gasteiger partial charge in [-0.1, -0.05) is 55.7 Å². The molecule has 0 aliphatic heterocycles. The molecular formula is C14H14Cl2F3N3S. The molecule has 0 N–H and O–H groups in total. The second-order valence-corrected chi connectivity index (χ2v) is 7.46. The first-order chi connectivity index (χ1) is 10.4. The van der Waals surface area contributed by atoms with Gasteiger partial charge in [-0.05, 0) is 18.4 Å². The van der Waals surface area contributed by atoms with Crippen molar-refractivity contribution in [3.05, 3.63) is 33.6 Å². The van der Waals surface area contributed by atoms with Gasteiger partial charge < -0.3 is 0 Å². The van der Waals surface area contributed by atoms with Crippen LogP contribution in [0.4, 0.5) is 13.2 Å². The maximum atomic E-state index is 12.8. The summed E-state index contributed by atoms with van der Waals surface area (Å²) in [6.45, 7) is 5.81. The zero-order chi connectivity index (χ0) is 17.6. The highest BCUT2D eigenvalue weighted by atomic mass is 35.5. The molecule has 0 aliphatic carbocycles. The van der Waals surface area contributed by atoms with Crippen LogP contribution in [-0.4, -0.2) is 21.0 Å². The largest absolute Gasteiger partial charge is 0.416 e. The molecular weight excluding hydrogens is 370 g/mol. The lowest BCUT2D eigenvalue weighted by Gasteiger charge is -2.14. The van der Waals surface area contributed by atoms with Gasteiger partial charge in [-0.3, -0.25) is 0 Å². The summed E-state index contributed by atoms with van der Waals surface area (Å²) in [5.41, 5.74) is -1.03. The van der Waals surface area contributed by atoms with E-state index in [1.807, 2.05) is 20.8 Å². The second-order valence-electron chi connectivity index (χ2n) is 5.87. The van der Waals surface area contributed by atoms with E-state index in [1.165, 1.54) is 16.4 Å². The SMILES string of the molecule is CSc1nc(C(C)(C)C)nn1-c1c(Cl)cc(C(F)(F)F)cc1Cl. The Morgan fingerprint density at radius 3 is 2.00 bits per heavy atom.